The normalized spacial score (nSPS) is 16.8. The van der Waals surface area contributed by atoms with Crippen molar-refractivity contribution in [3.05, 3.63) is 70.5 Å². The summed E-state index contributed by atoms with van der Waals surface area (Å²) in [6.07, 6.45) is 2.60. The van der Waals surface area contributed by atoms with E-state index in [4.69, 9.17) is 21.5 Å². The van der Waals surface area contributed by atoms with E-state index in [9.17, 15) is 14.3 Å². The van der Waals surface area contributed by atoms with Crippen molar-refractivity contribution < 1.29 is 24.2 Å². The van der Waals surface area contributed by atoms with Crippen molar-refractivity contribution in [1.29, 1.82) is 0 Å². The number of nitrogens with zero attached hydrogens (tertiary/aromatic N) is 2. The summed E-state index contributed by atoms with van der Waals surface area (Å²) in [5, 5.41) is 24.3. The lowest BCUT2D eigenvalue weighted by atomic mass is 9.84. The third-order valence-electron chi connectivity index (χ3n) is 5.49. The molecule has 0 aliphatic carbocycles. The molecule has 1 aliphatic heterocycles. The van der Waals surface area contributed by atoms with Gasteiger partial charge in [0.15, 0.2) is 0 Å². The van der Waals surface area contributed by atoms with Gasteiger partial charge in [-0.05, 0) is 67.6 Å². The van der Waals surface area contributed by atoms with Gasteiger partial charge in [0.2, 0.25) is 6.61 Å². The van der Waals surface area contributed by atoms with E-state index in [1.807, 2.05) is 12.1 Å². The van der Waals surface area contributed by atoms with Crippen molar-refractivity contribution in [2.45, 2.75) is 31.3 Å². The average Bonchev–Trinajstić information content (AvgIpc) is 2.75. The molecule has 1 fully saturated rings. The van der Waals surface area contributed by atoms with Gasteiger partial charge in [-0.1, -0.05) is 41.0 Å². The van der Waals surface area contributed by atoms with Gasteiger partial charge in [0.05, 0.1) is 11.3 Å². The van der Waals surface area contributed by atoms with Crippen LogP contribution in [0.5, 0.6) is 0 Å². The first-order valence-corrected chi connectivity index (χ1v) is 10.6. The number of aliphatic hydroxyl groups is 1. The van der Waals surface area contributed by atoms with Crippen LogP contribution in [0.2, 0.25) is 5.02 Å². The van der Waals surface area contributed by atoms with Crippen LogP contribution in [0.1, 0.15) is 36.8 Å². The molecule has 8 heteroatoms. The van der Waals surface area contributed by atoms with E-state index >= 15 is 0 Å². The van der Waals surface area contributed by atoms with Crippen LogP contribution in [0.15, 0.2) is 53.7 Å². The fourth-order valence-electron chi connectivity index (χ4n) is 3.72. The van der Waals surface area contributed by atoms with Crippen molar-refractivity contribution in [1.82, 2.24) is 4.90 Å². The minimum Gasteiger partial charge on any atom is -0.479 e. The number of hydrogen-bond donors (Lipinski definition) is 2. The molecule has 0 bridgehead atoms. The number of halogens is 2. The molecular formula is C23H26ClFN2O4. The Morgan fingerprint density at radius 1 is 1.13 bits per heavy atom. The molecule has 31 heavy (non-hydrogen) atoms. The molecule has 2 N–H and O–H groups in total. The summed E-state index contributed by atoms with van der Waals surface area (Å²) in [6, 6.07) is 13.2. The molecule has 1 heterocycles. The fraction of sp³-hybridized carbons (Fsp3) is 0.391. The second kappa shape index (κ2) is 10.7. The first kappa shape index (κ1) is 23.2. The summed E-state index contributed by atoms with van der Waals surface area (Å²) in [6.45, 7) is 1.80. The lowest BCUT2D eigenvalue weighted by molar-refractivity contribution is -0.142. The number of carbonyl (C=O) groups is 1. The summed E-state index contributed by atoms with van der Waals surface area (Å²) in [7, 11) is 0. The molecule has 0 aromatic heterocycles. The highest BCUT2D eigenvalue weighted by molar-refractivity contribution is 6.30. The summed E-state index contributed by atoms with van der Waals surface area (Å²) < 4.78 is 13.2. The second-order valence-corrected chi connectivity index (χ2v) is 8.13. The van der Waals surface area contributed by atoms with Gasteiger partial charge in [0.1, 0.15) is 5.82 Å². The summed E-state index contributed by atoms with van der Waals surface area (Å²) >= 11 is 5.94. The molecule has 0 radical (unpaired) electrons. The zero-order valence-electron chi connectivity index (χ0n) is 17.1. The van der Waals surface area contributed by atoms with Gasteiger partial charge in [-0.2, -0.15) is 0 Å². The largest absolute Gasteiger partial charge is 0.479 e. The van der Waals surface area contributed by atoms with Crippen molar-refractivity contribution in [3.63, 3.8) is 0 Å². The van der Waals surface area contributed by atoms with Gasteiger partial charge in [0.25, 0.3) is 0 Å². The van der Waals surface area contributed by atoms with Crippen LogP contribution in [0.3, 0.4) is 0 Å². The van der Waals surface area contributed by atoms with Crippen LogP contribution in [0, 0.1) is 5.82 Å². The highest BCUT2D eigenvalue weighted by Crippen LogP contribution is 2.33. The molecule has 0 atom stereocenters. The Morgan fingerprint density at radius 2 is 1.77 bits per heavy atom. The predicted molar refractivity (Wildman–Crippen MR) is 117 cm³/mol. The number of rotatable bonds is 9. The molecule has 0 unspecified atom stereocenters. The Hall–Kier alpha value is -2.48. The summed E-state index contributed by atoms with van der Waals surface area (Å²) in [5.74, 6) is -1.46. The molecule has 1 aliphatic rings. The molecule has 3 rings (SSSR count). The number of hydrogen-bond acceptors (Lipinski definition) is 5. The van der Waals surface area contributed by atoms with Gasteiger partial charge in [-0.3, -0.25) is 0 Å². The quantitative estimate of drug-likeness (QED) is 0.446. The predicted octanol–water partition coefficient (Wildman–Crippen LogP) is 4.05. The zero-order chi connectivity index (χ0) is 22.3. The highest BCUT2D eigenvalue weighted by atomic mass is 35.5. The Labute approximate surface area is 185 Å². The SMILES string of the molecule is O=C(O)CO/N=C(/CCCN1CCC(O)(c2ccc(Cl)cc2)CC1)c1ccc(F)cc1. The summed E-state index contributed by atoms with van der Waals surface area (Å²) in [5.41, 5.74) is 1.32. The number of piperidine rings is 1. The first-order valence-electron chi connectivity index (χ1n) is 10.2. The maximum absolute atomic E-state index is 13.2. The Bertz CT molecular complexity index is 895. The van der Waals surface area contributed by atoms with Crippen molar-refractivity contribution in [2.24, 2.45) is 5.16 Å². The van der Waals surface area contributed by atoms with E-state index < -0.39 is 18.2 Å². The van der Waals surface area contributed by atoms with Crippen LogP contribution in [-0.4, -0.2) is 53.0 Å². The minimum atomic E-state index is -1.11. The molecular weight excluding hydrogens is 423 g/mol. The summed E-state index contributed by atoms with van der Waals surface area (Å²) in [4.78, 5) is 17.9. The molecule has 2 aromatic carbocycles. The van der Waals surface area contributed by atoms with E-state index in [-0.39, 0.29) is 5.82 Å². The van der Waals surface area contributed by atoms with E-state index in [1.54, 1.807) is 24.3 Å². The van der Waals surface area contributed by atoms with Crippen LogP contribution in [0.25, 0.3) is 0 Å². The number of aliphatic carboxylic acids is 1. The van der Waals surface area contributed by atoms with Gasteiger partial charge >= 0.3 is 5.97 Å². The zero-order valence-corrected chi connectivity index (χ0v) is 17.9. The van der Waals surface area contributed by atoms with Crippen LogP contribution in [0.4, 0.5) is 4.39 Å². The monoisotopic (exact) mass is 448 g/mol. The maximum atomic E-state index is 13.2. The highest BCUT2D eigenvalue weighted by Gasteiger charge is 2.33. The number of carboxylic acids is 1. The molecule has 2 aromatic rings. The third-order valence-corrected chi connectivity index (χ3v) is 5.74. The lowest BCUT2D eigenvalue weighted by Crippen LogP contribution is -2.42. The maximum Gasteiger partial charge on any atom is 0.344 e. The standard InChI is InChI=1S/C23H26ClFN2O4/c24-19-7-5-18(6-8-19)23(30)11-14-27(15-12-23)13-1-2-21(26-31-16-22(28)29)17-3-9-20(25)10-4-17/h3-10,30H,1-2,11-16H2,(H,28,29)/b26-21-. The van der Waals surface area contributed by atoms with Crippen LogP contribution < -0.4 is 0 Å². The first-order chi connectivity index (χ1) is 14.9. The lowest BCUT2D eigenvalue weighted by Gasteiger charge is -2.38. The van der Waals surface area contributed by atoms with E-state index in [0.717, 1.165) is 31.6 Å². The Balaban J connectivity index is 1.53. The number of benzene rings is 2. The van der Waals surface area contributed by atoms with Crippen molar-refractivity contribution >= 4 is 23.3 Å². The number of carboxylic acid groups (broad SMARTS) is 1. The van der Waals surface area contributed by atoms with E-state index in [2.05, 4.69) is 10.1 Å². The van der Waals surface area contributed by atoms with Crippen molar-refractivity contribution in [2.75, 3.05) is 26.2 Å². The smallest absolute Gasteiger partial charge is 0.344 e. The average molecular weight is 449 g/mol. The molecule has 0 spiro atoms. The minimum absolute atomic E-state index is 0.351. The third kappa shape index (κ3) is 6.75. The molecule has 6 nitrogen and oxygen atoms in total. The molecule has 0 amide bonds. The van der Waals surface area contributed by atoms with Gasteiger partial charge < -0.3 is 20.0 Å². The number of likely N-dealkylation sites (tertiary alicyclic amines) is 1. The molecule has 0 saturated carbocycles. The van der Waals surface area contributed by atoms with Gasteiger partial charge in [0, 0.05) is 18.1 Å². The topological polar surface area (TPSA) is 82.4 Å². The second-order valence-electron chi connectivity index (χ2n) is 7.70. The van der Waals surface area contributed by atoms with E-state index in [1.165, 1.54) is 12.1 Å². The van der Waals surface area contributed by atoms with Crippen molar-refractivity contribution in [3.8, 4) is 0 Å². The van der Waals surface area contributed by atoms with Crippen LogP contribution >= 0.6 is 11.6 Å². The van der Waals surface area contributed by atoms with E-state index in [0.29, 0.717) is 35.6 Å². The number of oxime groups is 1. The Kier molecular flexibility index (Phi) is 8.01. The fourth-order valence-corrected chi connectivity index (χ4v) is 3.84. The molecule has 166 valence electrons. The Morgan fingerprint density at radius 3 is 2.39 bits per heavy atom. The van der Waals surface area contributed by atoms with Crippen LogP contribution in [-0.2, 0) is 15.2 Å². The van der Waals surface area contributed by atoms with Gasteiger partial charge in [-0.25, -0.2) is 9.18 Å². The van der Waals surface area contributed by atoms with Gasteiger partial charge in [-0.15, -0.1) is 0 Å². The molecule has 1 saturated heterocycles.